The second-order valence-corrected chi connectivity index (χ2v) is 4.76. The third-order valence-corrected chi connectivity index (χ3v) is 3.47. The van der Waals surface area contributed by atoms with E-state index < -0.39 is 0 Å². The molecule has 0 unspecified atom stereocenters. The summed E-state index contributed by atoms with van der Waals surface area (Å²) in [6, 6.07) is 6.33. The van der Waals surface area contributed by atoms with Crippen molar-refractivity contribution in [3.8, 4) is 6.07 Å². The first kappa shape index (κ1) is 12.9. The average Bonchev–Trinajstić information content (AvgIpc) is 2.59. The van der Waals surface area contributed by atoms with Gasteiger partial charge >= 0.3 is 0 Å². The zero-order chi connectivity index (χ0) is 13.3. The van der Waals surface area contributed by atoms with E-state index in [1.54, 1.807) is 7.11 Å². The maximum atomic E-state index is 9.27. The topological polar surface area (TPSA) is 38.0 Å². The monoisotopic (exact) mass is 262 g/mol. The molecular formula is C14H15ClN2O. The van der Waals surface area contributed by atoms with E-state index in [9.17, 15) is 5.26 Å². The molecule has 0 aliphatic heterocycles. The number of halogens is 1. The van der Waals surface area contributed by atoms with Gasteiger partial charge < -0.3 is 9.30 Å². The van der Waals surface area contributed by atoms with Gasteiger partial charge in [0.05, 0.1) is 17.7 Å². The Kier molecular flexibility index (Phi) is 3.60. The van der Waals surface area contributed by atoms with Gasteiger partial charge in [0.25, 0.3) is 0 Å². The minimum Gasteiger partial charge on any atom is -0.383 e. The molecule has 0 saturated heterocycles. The van der Waals surface area contributed by atoms with Gasteiger partial charge in [0.1, 0.15) is 11.2 Å². The number of rotatable bonds is 3. The molecule has 0 spiro atoms. The lowest BCUT2D eigenvalue weighted by Crippen LogP contribution is -2.04. The van der Waals surface area contributed by atoms with E-state index in [4.69, 9.17) is 16.3 Å². The van der Waals surface area contributed by atoms with E-state index in [2.05, 4.69) is 18.2 Å². The summed E-state index contributed by atoms with van der Waals surface area (Å²) in [5, 5.41) is 10.7. The predicted molar refractivity (Wildman–Crippen MR) is 73.0 cm³/mol. The smallest absolute Gasteiger partial charge is 0.128 e. The maximum absolute atomic E-state index is 9.27. The lowest BCUT2D eigenvalue weighted by Gasteiger charge is -2.07. The van der Waals surface area contributed by atoms with Gasteiger partial charge in [-0.2, -0.15) is 5.26 Å². The van der Waals surface area contributed by atoms with Crippen LogP contribution in [0.1, 0.15) is 16.7 Å². The second kappa shape index (κ2) is 5.01. The molecule has 4 heteroatoms. The van der Waals surface area contributed by atoms with Crippen molar-refractivity contribution < 1.29 is 4.74 Å². The molecule has 0 fully saturated rings. The minimum atomic E-state index is 0.498. The fourth-order valence-electron chi connectivity index (χ4n) is 2.33. The van der Waals surface area contributed by atoms with Crippen LogP contribution in [0.25, 0.3) is 10.9 Å². The second-order valence-electron chi connectivity index (χ2n) is 4.40. The Morgan fingerprint density at radius 2 is 2.11 bits per heavy atom. The number of methoxy groups -OCH3 is 1. The van der Waals surface area contributed by atoms with Crippen LogP contribution in [0.4, 0.5) is 0 Å². The Labute approximate surface area is 112 Å². The Balaban J connectivity index is 2.77. The lowest BCUT2D eigenvalue weighted by atomic mass is 10.1. The molecule has 0 bridgehead atoms. The minimum absolute atomic E-state index is 0.498. The number of aromatic nitrogens is 1. The highest BCUT2D eigenvalue weighted by Crippen LogP contribution is 2.32. The van der Waals surface area contributed by atoms with Crippen LogP contribution in [-0.4, -0.2) is 18.3 Å². The summed E-state index contributed by atoms with van der Waals surface area (Å²) >= 11 is 6.30. The summed E-state index contributed by atoms with van der Waals surface area (Å²) in [6.45, 7) is 5.27. The lowest BCUT2D eigenvalue weighted by molar-refractivity contribution is 0.188. The summed E-state index contributed by atoms with van der Waals surface area (Å²) in [5.41, 5.74) is 3.81. The van der Waals surface area contributed by atoms with Crippen molar-refractivity contribution in [2.24, 2.45) is 0 Å². The largest absolute Gasteiger partial charge is 0.383 e. The fourth-order valence-corrected chi connectivity index (χ4v) is 2.64. The number of fused-ring (bicyclic) bond motifs is 1. The molecule has 1 heterocycles. The zero-order valence-corrected chi connectivity index (χ0v) is 11.5. The van der Waals surface area contributed by atoms with Gasteiger partial charge in [0.2, 0.25) is 0 Å². The highest BCUT2D eigenvalue weighted by Gasteiger charge is 2.17. The molecule has 0 amide bonds. The number of ether oxygens (including phenoxy) is 1. The van der Waals surface area contributed by atoms with Crippen LogP contribution in [0.2, 0.25) is 5.15 Å². The molecule has 0 aliphatic rings. The number of aryl methyl sites for hydroxylation is 2. The van der Waals surface area contributed by atoms with Gasteiger partial charge in [-0.3, -0.25) is 0 Å². The van der Waals surface area contributed by atoms with Gasteiger partial charge in [-0.25, -0.2) is 0 Å². The maximum Gasteiger partial charge on any atom is 0.128 e. The van der Waals surface area contributed by atoms with E-state index in [0.717, 1.165) is 22.0 Å². The van der Waals surface area contributed by atoms with Crippen LogP contribution < -0.4 is 0 Å². The molecule has 2 rings (SSSR count). The number of nitrogens with zero attached hydrogens (tertiary/aromatic N) is 2. The van der Waals surface area contributed by atoms with Crippen LogP contribution in [0.3, 0.4) is 0 Å². The van der Waals surface area contributed by atoms with Crippen molar-refractivity contribution in [1.82, 2.24) is 4.57 Å². The summed E-state index contributed by atoms with van der Waals surface area (Å²) in [4.78, 5) is 0. The molecule has 94 valence electrons. The normalized spacial score (nSPS) is 10.8. The van der Waals surface area contributed by atoms with Gasteiger partial charge in [0, 0.05) is 19.0 Å². The predicted octanol–water partition coefficient (Wildman–Crippen LogP) is 3.43. The molecule has 0 aliphatic carbocycles. The quantitative estimate of drug-likeness (QED) is 0.850. The van der Waals surface area contributed by atoms with Crippen molar-refractivity contribution in [3.05, 3.63) is 34.0 Å². The van der Waals surface area contributed by atoms with Crippen LogP contribution in [0.15, 0.2) is 12.1 Å². The first-order valence-electron chi connectivity index (χ1n) is 5.78. The Morgan fingerprint density at radius 1 is 1.39 bits per heavy atom. The van der Waals surface area contributed by atoms with Crippen LogP contribution in [-0.2, 0) is 11.3 Å². The zero-order valence-electron chi connectivity index (χ0n) is 10.7. The molecule has 1 aromatic carbocycles. The summed E-state index contributed by atoms with van der Waals surface area (Å²) in [6.07, 6.45) is 0. The highest BCUT2D eigenvalue weighted by atomic mass is 35.5. The first-order chi connectivity index (χ1) is 8.60. The third kappa shape index (κ3) is 1.98. The standard InChI is InChI=1S/C14H15ClN2O/c1-9-6-10(2)13-11(8-16)14(15)17(4-5-18-3)12(13)7-9/h6-7H,4-5H2,1-3H3. The fraction of sp³-hybridized carbons (Fsp3) is 0.357. The molecule has 18 heavy (non-hydrogen) atoms. The number of hydrogen-bond acceptors (Lipinski definition) is 2. The average molecular weight is 263 g/mol. The number of benzene rings is 1. The molecule has 0 radical (unpaired) electrons. The van der Waals surface area contributed by atoms with E-state index in [-0.39, 0.29) is 0 Å². The molecule has 1 aromatic heterocycles. The van der Waals surface area contributed by atoms with E-state index in [0.29, 0.717) is 23.9 Å². The molecule has 2 aromatic rings. The van der Waals surface area contributed by atoms with Crippen LogP contribution in [0, 0.1) is 25.2 Å². The molecule has 0 atom stereocenters. The molecule has 0 saturated carbocycles. The van der Waals surface area contributed by atoms with Crippen molar-refractivity contribution in [1.29, 1.82) is 5.26 Å². The van der Waals surface area contributed by atoms with Gasteiger partial charge in [-0.05, 0) is 31.0 Å². The summed E-state index contributed by atoms with van der Waals surface area (Å²) < 4.78 is 7.03. The molecule has 3 nitrogen and oxygen atoms in total. The Bertz CT molecular complexity index is 638. The Hall–Kier alpha value is -1.50. The summed E-state index contributed by atoms with van der Waals surface area (Å²) in [7, 11) is 1.65. The number of hydrogen-bond donors (Lipinski definition) is 0. The van der Waals surface area contributed by atoms with Gasteiger partial charge in [-0.1, -0.05) is 17.7 Å². The molecular weight excluding hydrogens is 248 g/mol. The highest BCUT2D eigenvalue weighted by molar-refractivity contribution is 6.32. The van der Waals surface area contributed by atoms with Crippen LogP contribution in [0.5, 0.6) is 0 Å². The van der Waals surface area contributed by atoms with E-state index in [1.807, 2.05) is 18.4 Å². The first-order valence-corrected chi connectivity index (χ1v) is 6.16. The van der Waals surface area contributed by atoms with Crippen molar-refractivity contribution in [3.63, 3.8) is 0 Å². The third-order valence-electron chi connectivity index (χ3n) is 3.07. The molecule has 0 N–H and O–H groups in total. The number of nitriles is 1. The van der Waals surface area contributed by atoms with Crippen molar-refractivity contribution in [2.45, 2.75) is 20.4 Å². The summed E-state index contributed by atoms with van der Waals surface area (Å²) in [5.74, 6) is 0. The van der Waals surface area contributed by atoms with Crippen molar-refractivity contribution in [2.75, 3.05) is 13.7 Å². The van der Waals surface area contributed by atoms with E-state index >= 15 is 0 Å². The Morgan fingerprint density at radius 3 is 2.72 bits per heavy atom. The van der Waals surface area contributed by atoms with Gasteiger partial charge in [-0.15, -0.1) is 0 Å². The van der Waals surface area contributed by atoms with Crippen LogP contribution >= 0.6 is 11.6 Å². The van der Waals surface area contributed by atoms with Gasteiger partial charge in [0.15, 0.2) is 0 Å². The van der Waals surface area contributed by atoms with E-state index in [1.165, 1.54) is 0 Å². The van der Waals surface area contributed by atoms with Crippen molar-refractivity contribution >= 4 is 22.5 Å². The SMILES string of the molecule is COCCn1c(Cl)c(C#N)c2c(C)cc(C)cc21.